The van der Waals surface area contributed by atoms with E-state index in [0.29, 0.717) is 24.3 Å². The zero-order chi connectivity index (χ0) is 18.6. The zero-order valence-electron chi connectivity index (χ0n) is 16.1. The van der Waals surface area contributed by atoms with Crippen LogP contribution in [-0.2, 0) is 24.3 Å². The fraction of sp³-hybridized carbons (Fsp3) is 0.571. The summed E-state index contributed by atoms with van der Waals surface area (Å²) in [6.45, 7) is 6.73. The first kappa shape index (κ1) is 18.2. The second-order valence-electron chi connectivity index (χ2n) is 7.84. The number of hydrogen-bond acceptors (Lipinski definition) is 4. The predicted molar refractivity (Wildman–Crippen MR) is 104 cm³/mol. The van der Waals surface area contributed by atoms with Gasteiger partial charge in [-0.15, -0.1) is 0 Å². The fourth-order valence-electron chi connectivity index (χ4n) is 4.58. The van der Waals surface area contributed by atoms with Crippen LogP contribution < -0.4 is 0 Å². The normalized spacial score (nSPS) is 22.8. The van der Waals surface area contributed by atoms with E-state index in [0.717, 1.165) is 51.4 Å². The van der Waals surface area contributed by atoms with Gasteiger partial charge in [-0.25, -0.2) is 4.98 Å². The lowest BCUT2D eigenvalue weighted by atomic mass is 9.94. The van der Waals surface area contributed by atoms with Crippen molar-refractivity contribution >= 4 is 5.91 Å². The van der Waals surface area contributed by atoms with Crippen LogP contribution in [0.2, 0.25) is 0 Å². The molecule has 6 heteroatoms. The van der Waals surface area contributed by atoms with E-state index >= 15 is 0 Å². The SMILES string of the molecule is CCc1nccn1CCC(=O)N1CC2CCC1CN(Cc1cccnc1)C2. The molecular weight excluding hydrogens is 338 g/mol. The summed E-state index contributed by atoms with van der Waals surface area (Å²) >= 11 is 0. The minimum Gasteiger partial charge on any atom is -0.338 e. The molecule has 0 aliphatic carbocycles. The largest absolute Gasteiger partial charge is 0.338 e. The second kappa shape index (κ2) is 8.21. The van der Waals surface area contributed by atoms with Crippen molar-refractivity contribution in [2.24, 2.45) is 5.92 Å². The third-order valence-corrected chi connectivity index (χ3v) is 5.92. The molecule has 27 heavy (non-hydrogen) atoms. The Morgan fingerprint density at radius 2 is 2.15 bits per heavy atom. The summed E-state index contributed by atoms with van der Waals surface area (Å²) in [6, 6.07) is 4.48. The van der Waals surface area contributed by atoms with Gasteiger partial charge in [-0.05, 0) is 30.4 Å². The van der Waals surface area contributed by atoms with Gasteiger partial charge in [-0.1, -0.05) is 13.0 Å². The Hall–Kier alpha value is -2.21. The van der Waals surface area contributed by atoms with Crippen LogP contribution in [0.1, 0.15) is 37.6 Å². The Labute approximate surface area is 161 Å². The predicted octanol–water partition coefficient (Wildman–Crippen LogP) is 2.35. The molecule has 0 radical (unpaired) electrons. The summed E-state index contributed by atoms with van der Waals surface area (Å²) < 4.78 is 2.11. The second-order valence-corrected chi connectivity index (χ2v) is 7.84. The Kier molecular flexibility index (Phi) is 5.53. The first-order valence-electron chi connectivity index (χ1n) is 10.1. The number of piperidine rings is 1. The van der Waals surface area contributed by atoms with Crippen LogP contribution in [0.3, 0.4) is 0 Å². The number of pyridine rings is 1. The highest BCUT2D eigenvalue weighted by atomic mass is 16.2. The molecule has 3 aliphatic rings. The van der Waals surface area contributed by atoms with Gasteiger partial charge in [0.15, 0.2) is 0 Å². The Balaban J connectivity index is 1.37. The molecule has 2 unspecified atom stereocenters. The first-order chi connectivity index (χ1) is 13.2. The van der Waals surface area contributed by atoms with Crippen molar-refractivity contribution in [3.8, 4) is 0 Å². The number of nitrogens with zero attached hydrogens (tertiary/aromatic N) is 5. The average molecular weight is 367 g/mol. The minimum absolute atomic E-state index is 0.295. The number of fused-ring (bicyclic) bond motifs is 4. The van der Waals surface area contributed by atoms with Crippen LogP contribution >= 0.6 is 0 Å². The Morgan fingerprint density at radius 1 is 1.22 bits per heavy atom. The van der Waals surface area contributed by atoms with Crippen molar-refractivity contribution in [2.45, 2.75) is 51.7 Å². The van der Waals surface area contributed by atoms with Gasteiger partial charge in [-0.3, -0.25) is 14.7 Å². The standard InChI is InChI=1S/C21H29N5O/c1-2-20-23-9-11-25(20)10-7-21(27)26-15-18-5-6-19(26)16-24(14-18)13-17-4-3-8-22-12-17/h3-4,8-9,11-12,18-19H,2,5-7,10,13-16H2,1H3. The number of aromatic nitrogens is 3. The number of aryl methyl sites for hydroxylation is 2. The first-order valence-corrected chi connectivity index (χ1v) is 10.1. The highest BCUT2D eigenvalue weighted by Crippen LogP contribution is 2.29. The van der Waals surface area contributed by atoms with Crippen LogP contribution in [0, 0.1) is 5.92 Å². The van der Waals surface area contributed by atoms with E-state index in [1.165, 1.54) is 12.0 Å². The molecule has 5 heterocycles. The molecule has 2 aromatic rings. The third kappa shape index (κ3) is 4.21. The summed E-state index contributed by atoms with van der Waals surface area (Å²) in [7, 11) is 0. The van der Waals surface area contributed by atoms with Gasteiger partial charge in [0.1, 0.15) is 5.82 Å². The third-order valence-electron chi connectivity index (χ3n) is 5.92. The van der Waals surface area contributed by atoms with Crippen molar-refractivity contribution in [1.29, 1.82) is 0 Å². The van der Waals surface area contributed by atoms with Crippen LogP contribution in [0.15, 0.2) is 36.9 Å². The molecule has 3 saturated heterocycles. The van der Waals surface area contributed by atoms with Gasteiger partial charge >= 0.3 is 0 Å². The molecule has 2 atom stereocenters. The van der Waals surface area contributed by atoms with Gasteiger partial charge in [0, 0.05) is 76.4 Å². The van der Waals surface area contributed by atoms with Gasteiger partial charge in [0.25, 0.3) is 0 Å². The molecule has 0 spiro atoms. The van der Waals surface area contributed by atoms with E-state index in [1.54, 1.807) is 0 Å². The van der Waals surface area contributed by atoms with Crippen LogP contribution in [-0.4, -0.2) is 55.9 Å². The molecule has 2 bridgehead atoms. The molecule has 3 aliphatic heterocycles. The highest BCUT2D eigenvalue weighted by molar-refractivity contribution is 5.76. The fourth-order valence-corrected chi connectivity index (χ4v) is 4.58. The van der Waals surface area contributed by atoms with Crippen molar-refractivity contribution in [3.05, 3.63) is 48.3 Å². The van der Waals surface area contributed by atoms with Crippen LogP contribution in [0.4, 0.5) is 0 Å². The number of carbonyl (C=O) groups is 1. The smallest absolute Gasteiger partial charge is 0.224 e. The van der Waals surface area contributed by atoms with Crippen molar-refractivity contribution in [1.82, 2.24) is 24.3 Å². The number of imidazole rings is 1. The van der Waals surface area contributed by atoms with Gasteiger partial charge in [-0.2, -0.15) is 0 Å². The summed E-state index contributed by atoms with van der Waals surface area (Å²) in [4.78, 5) is 26.2. The van der Waals surface area contributed by atoms with Crippen molar-refractivity contribution in [3.63, 3.8) is 0 Å². The lowest BCUT2D eigenvalue weighted by Gasteiger charge is -2.36. The molecule has 0 saturated carbocycles. The Morgan fingerprint density at radius 3 is 2.96 bits per heavy atom. The van der Waals surface area contributed by atoms with E-state index in [1.807, 2.05) is 30.9 Å². The average Bonchev–Trinajstić information content (AvgIpc) is 2.98. The molecule has 5 rings (SSSR count). The lowest BCUT2D eigenvalue weighted by Crippen LogP contribution is -2.47. The van der Waals surface area contributed by atoms with Gasteiger partial charge in [0.05, 0.1) is 0 Å². The number of rotatable bonds is 6. The summed E-state index contributed by atoms with van der Waals surface area (Å²) in [5.41, 5.74) is 1.25. The van der Waals surface area contributed by atoms with E-state index in [2.05, 4.69) is 37.3 Å². The topological polar surface area (TPSA) is 54.3 Å². The summed E-state index contributed by atoms with van der Waals surface area (Å²) in [6.07, 6.45) is 11.4. The monoisotopic (exact) mass is 367 g/mol. The van der Waals surface area contributed by atoms with Gasteiger partial charge in [0.2, 0.25) is 5.91 Å². The number of carbonyl (C=O) groups excluding carboxylic acids is 1. The summed E-state index contributed by atoms with van der Waals surface area (Å²) in [5.74, 6) is 1.94. The molecule has 0 N–H and O–H groups in total. The quantitative estimate of drug-likeness (QED) is 0.786. The maximum absolute atomic E-state index is 13.0. The maximum Gasteiger partial charge on any atom is 0.224 e. The van der Waals surface area contributed by atoms with E-state index in [9.17, 15) is 4.79 Å². The minimum atomic E-state index is 0.295. The molecule has 2 aromatic heterocycles. The lowest BCUT2D eigenvalue weighted by molar-refractivity contribution is -0.135. The zero-order valence-corrected chi connectivity index (χ0v) is 16.1. The maximum atomic E-state index is 13.0. The molecule has 6 nitrogen and oxygen atoms in total. The molecule has 0 aromatic carbocycles. The Bertz CT molecular complexity index is 759. The van der Waals surface area contributed by atoms with Crippen LogP contribution in [0.25, 0.3) is 0 Å². The van der Waals surface area contributed by atoms with E-state index in [4.69, 9.17) is 0 Å². The highest BCUT2D eigenvalue weighted by Gasteiger charge is 2.36. The molecule has 144 valence electrons. The molecule has 1 amide bonds. The molecule has 3 fully saturated rings. The van der Waals surface area contributed by atoms with Crippen molar-refractivity contribution in [2.75, 3.05) is 19.6 Å². The number of hydrogen-bond donors (Lipinski definition) is 0. The van der Waals surface area contributed by atoms with Gasteiger partial charge < -0.3 is 9.47 Å². The number of amides is 1. The van der Waals surface area contributed by atoms with E-state index in [-0.39, 0.29) is 0 Å². The molecular formula is C21H29N5O. The summed E-state index contributed by atoms with van der Waals surface area (Å²) in [5, 5.41) is 0. The van der Waals surface area contributed by atoms with Crippen LogP contribution in [0.5, 0.6) is 0 Å². The van der Waals surface area contributed by atoms with E-state index < -0.39 is 0 Å². The van der Waals surface area contributed by atoms with Crippen molar-refractivity contribution < 1.29 is 4.79 Å².